The summed E-state index contributed by atoms with van der Waals surface area (Å²) < 4.78 is 0.799. The normalized spacial score (nSPS) is 10.1. The van der Waals surface area contributed by atoms with E-state index in [0.717, 1.165) is 3.79 Å². The molecule has 2 rings (SSSR count). The molecule has 0 aliphatic rings. The van der Waals surface area contributed by atoms with Gasteiger partial charge in [-0.3, -0.25) is 20.2 Å². The van der Waals surface area contributed by atoms with Crippen LogP contribution in [-0.2, 0) is 0 Å². The van der Waals surface area contributed by atoms with Crippen LogP contribution in [0.15, 0.2) is 28.2 Å². The summed E-state index contributed by atoms with van der Waals surface area (Å²) >= 11 is 4.52. The molecule has 1 amide bonds. The van der Waals surface area contributed by atoms with Crippen LogP contribution in [0.3, 0.4) is 0 Å². The molecule has 2 aromatic rings. The molecule has 0 saturated heterocycles. The van der Waals surface area contributed by atoms with Crippen LogP contribution in [-0.4, -0.2) is 22.9 Å². The highest BCUT2D eigenvalue weighted by Gasteiger charge is 2.16. The standard InChI is InChI=1S/C11H9BrN4O3S/c1-13-7-4-6(2-3-8(7)16(18)19)10(17)15-11-14-5-9(12)20-11/h2-5,13H,1H3,(H,14,15,17). The molecule has 0 unspecified atom stereocenters. The van der Waals surface area contributed by atoms with Gasteiger partial charge in [0.05, 0.1) is 14.9 Å². The zero-order chi connectivity index (χ0) is 14.7. The Balaban J connectivity index is 2.24. The molecule has 1 aromatic carbocycles. The van der Waals surface area contributed by atoms with Gasteiger partial charge in [-0.05, 0) is 28.1 Å². The number of benzene rings is 1. The Kier molecular flexibility index (Phi) is 4.30. The molecule has 0 radical (unpaired) electrons. The summed E-state index contributed by atoms with van der Waals surface area (Å²) in [5, 5.41) is 16.6. The topological polar surface area (TPSA) is 97.2 Å². The van der Waals surface area contributed by atoms with Gasteiger partial charge in [0.15, 0.2) is 5.13 Å². The van der Waals surface area contributed by atoms with Gasteiger partial charge in [0, 0.05) is 18.7 Å². The first-order chi connectivity index (χ1) is 9.51. The summed E-state index contributed by atoms with van der Waals surface area (Å²) in [5.74, 6) is -0.377. The van der Waals surface area contributed by atoms with Gasteiger partial charge in [0.25, 0.3) is 11.6 Å². The molecule has 0 bridgehead atoms. The minimum atomic E-state index is -0.508. The van der Waals surface area contributed by atoms with Crippen LogP contribution in [0.4, 0.5) is 16.5 Å². The highest BCUT2D eigenvalue weighted by molar-refractivity contribution is 9.11. The van der Waals surface area contributed by atoms with Crippen LogP contribution in [0, 0.1) is 10.1 Å². The average molecular weight is 357 g/mol. The minimum absolute atomic E-state index is 0.0824. The van der Waals surface area contributed by atoms with Crippen molar-refractivity contribution in [3.63, 3.8) is 0 Å². The van der Waals surface area contributed by atoms with Crippen LogP contribution in [0.25, 0.3) is 0 Å². The van der Waals surface area contributed by atoms with Crippen LogP contribution in [0.2, 0.25) is 0 Å². The van der Waals surface area contributed by atoms with Gasteiger partial charge in [-0.15, -0.1) is 0 Å². The summed E-state index contributed by atoms with van der Waals surface area (Å²) in [6, 6.07) is 4.12. The van der Waals surface area contributed by atoms with Crippen molar-refractivity contribution >= 4 is 49.7 Å². The monoisotopic (exact) mass is 356 g/mol. The van der Waals surface area contributed by atoms with Crippen molar-refractivity contribution in [3.05, 3.63) is 43.9 Å². The summed E-state index contributed by atoms with van der Waals surface area (Å²) in [7, 11) is 1.56. The van der Waals surface area contributed by atoms with E-state index >= 15 is 0 Å². The molecule has 0 aliphatic carbocycles. The maximum Gasteiger partial charge on any atom is 0.292 e. The van der Waals surface area contributed by atoms with E-state index in [0.29, 0.717) is 10.7 Å². The van der Waals surface area contributed by atoms with Gasteiger partial charge in [-0.2, -0.15) is 0 Å². The summed E-state index contributed by atoms with van der Waals surface area (Å²) in [5.41, 5.74) is 0.510. The molecular weight excluding hydrogens is 348 g/mol. The van der Waals surface area contributed by atoms with Crippen LogP contribution in [0.5, 0.6) is 0 Å². The molecule has 1 aromatic heterocycles. The number of anilines is 2. The number of nitrogens with one attached hydrogen (secondary N) is 2. The van der Waals surface area contributed by atoms with Crippen molar-refractivity contribution in [1.29, 1.82) is 0 Å². The Hall–Kier alpha value is -2.00. The van der Waals surface area contributed by atoms with Crippen molar-refractivity contribution in [2.75, 3.05) is 17.7 Å². The number of nitro benzene ring substituents is 1. The summed E-state index contributed by atoms with van der Waals surface area (Å²) in [4.78, 5) is 26.3. The zero-order valence-corrected chi connectivity index (χ0v) is 12.6. The molecule has 0 atom stereocenters. The number of rotatable bonds is 4. The van der Waals surface area contributed by atoms with Crippen LogP contribution >= 0.6 is 27.3 Å². The lowest BCUT2D eigenvalue weighted by molar-refractivity contribution is -0.383. The molecule has 20 heavy (non-hydrogen) atoms. The quantitative estimate of drug-likeness (QED) is 0.647. The first-order valence-electron chi connectivity index (χ1n) is 5.40. The lowest BCUT2D eigenvalue weighted by atomic mass is 10.1. The van der Waals surface area contributed by atoms with E-state index in [4.69, 9.17) is 0 Å². The second kappa shape index (κ2) is 5.97. The molecule has 0 spiro atoms. The van der Waals surface area contributed by atoms with Crippen molar-refractivity contribution in [2.45, 2.75) is 0 Å². The maximum absolute atomic E-state index is 12.0. The molecule has 0 fully saturated rings. The molecule has 2 N–H and O–H groups in total. The van der Waals surface area contributed by atoms with Crippen molar-refractivity contribution in [2.24, 2.45) is 0 Å². The van der Waals surface area contributed by atoms with E-state index in [-0.39, 0.29) is 17.3 Å². The van der Waals surface area contributed by atoms with Gasteiger partial charge in [-0.25, -0.2) is 4.98 Å². The van der Waals surface area contributed by atoms with E-state index in [1.165, 1.54) is 29.5 Å². The highest BCUT2D eigenvalue weighted by atomic mass is 79.9. The van der Waals surface area contributed by atoms with Crippen molar-refractivity contribution < 1.29 is 9.72 Å². The second-order valence-corrected chi connectivity index (χ2v) is 6.07. The van der Waals surface area contributed by atoms with Crippen molar-refractivity contribution in [1.82, 2.24) is 4.98 Å². The van der Waals surface area contributed by atoms with E-state index in [9.17, 15) is 14.9 Å². The number of carbonyl (C=O) groups is 1. The van der Waals surface area contributed by atoms with E-state index < -0.39 is 4.92 Å². The number of amides is 1. The number of hydrogen-bond donors (Lipinski definition) is 2. The van der Waals surface area contributed by atoms with Crippen LogP contribution < -0.4 is 10.6 Å². The number of halogens is 1. The summed E-state index contributed by atoms with van der Waals surface area (Å²) in [6.45, 7) is 0. The Bertz CT molecular complexity index is 673. The van der Waals surface area contributed by atoms with Crippen LogP contribution in [0.1, 0.15) is 10.4 Å². The third-order valence-corrected chi connectivity index (χ3v) is 3.81. The molecule has 0 saturated carbocycles. The molecule has 104 valence electrons. The fourth-order valence-electron chi connectivity index (χ4n) is 1.52. The Morgan fingerprint density at radius 3 is 2.80 bits per heavy atom. The SMILES string of the molecule is CNc1cc(C(=O)Nc2ncc(Br)s2)ccc1[N+](=O)[O-]. The van der Waals surface area contributed by atoms with Gasteiger partial charge >= 0.3 is 0 Å². The minimum Gasteiger partial charge on any atom is -0.383 e. The van der Waals surface area contributed by atoms with E-state index in [1.54, 1.807) is 13.2 Å². The van der Waals surface area contributed by atoms with Gasteiger partial charge in [-0.1, -0.05) is 11.3 Å². The molecule has 7 nitrogen and oxygen atoms in total. The van der Waals surface area contributed by atoms with Gasteiger partial charge in [0.1, 0.15) is 5.69 Å². The fourth-order valence-corrected chi connectivity index (χ4v) is 2.62. The number of thiazole rings is 1. The zero-order valence-electron chi connectivity index (χ0n) is 10.2. The Morgan fingerprint density at radius 1 is 1.50 bits per heavy atom. The van der Waals surface area contributed by atoms with E-state index in [1.807, 2.05) is 0 Å². The maximum atomic E-state index is 12.0. The summed E-state index contributed by atoms with van der Waals surface area (Å²) in [6.07, 6.45) is 1.58. The Labute approximate surface area is 126 Å². The molecule has 9 heteroatoms. The average Bonchev–Trinajstić information content (AvgIpc) is 2.83. The third-order valence-electron chi connectivity index (χ3n) is 2.42. The van der Waals surface area contributed by atoms with Gasteiger partial charge in [0.2, 0.25) is 0 Å². The number of hydrogen-bond acceptors (Lipinski definition) is 6. The highest BCUT2D eigenvalue weighted by Crippen LogP contribution is 2.26. The Morgan fingerprint density at radius 2 is 2.25 bits per heavy atom. The lowest BCUT2D eigenvalue weighted by Crippen LogP contribution is -2.12. The number of carbonyl (C=O) groups excluding carboxylic acids is 1. The lowest BCUT2D eigenvalue weighted by Gasteiger charge is -2.05. The van der Waals surface area contributed by atoms with Gasteiger partial charge < -0.3 is 5.32 Å². The smallest absolute Gasteiger partial charge is 0.292 e. The first-order valence-corrected chi connectivity index (χ1v) is 7.01. The fraction of sp³-hybridized carbons (Fsp3) is 0.0909. The van der Waals surface area contributed by atoms with E-state index in [2.05, 4.69) is 31.5 Å². The predicted molar refractivity (Wildman–Crippen MR) is 80.4 cm³/mol. The number of nitrogens with zero attached hydrogens (tertiary/aromatic N) is 2. The van der Waals surface area contributed by atoms with Crippen molar-refractivity contribution in [3.8, 4) is 0 Å². The number of nitro groups is 1. The molecule has 0 aliphatic heterocycles. The number of aromatic nitrogens is 1. The third kappa shape index (κ3) is 3.11. The molecule has 1 heterocycles. The molecular formula is C11H9BrN4O3S. The second-order valence-electron chi connectivity index (χ2n) is 3.66. The predicted octanol–water partition coefficient (Wildman–Crippen LogP) is 3.11. The largest absolute Gasteiger partial charge is 0.383 e. The first kappa shape index (κ1) is 14.4.